The first kappa shape index (κ1) is 13.3. The van der Waals surface area contributed by atoms with Crippen LogP contribution in [0.25, 0.3) is 0 Å². The van der Waals surface area contributed by atoms with Crippen molar-refractivity contribution in [3.8, 4) is 5.75 Å². The maximum absolute atomic E-state index is 5.28. The zero-order valence-corrected chi connectivity index (χ0v) is 11.8. The predicted molar refractivity (Wildman–Crippen MR) is 77.2 cm³/mol. The van der Waals surface area contributed by atoms with Gasteiger partial charge in [0.15, 0.2) is 0 Å². The van der Waals surface area contributed by atoms with Gasteiger partial charge in [-0.25, -0.2) is 0 Å². The van der Waals surface area contributed by atoms with Gasteiger partial charge in [0.25, 0.3) is 0 Å². The lowest BCUT2D eigenvalue weighted by molar-refractivity contribution is 0.254. The highest BCUT2D eigenvalue weighted by atomic mass is 16.5. The maximum atomic E-state index is 5.28. The van der Waals surface area contributed by atoms with E-state index in [0.29, 0.717) is 6.04 Å². The molecule has 1 aromatic carbocycles. The highest BCUT2D eigenvalue weighted by molar-refractivity contribution is 5.49. The number of hydrogen-bond acceptors (Lipinski definition) is 2. The topological polar surface area (TPSA) is 21.3 Å². The van der Waals surface area contributed by atoms with E-state index in [1.54, 1.807) is 7.11 Å². The van der Waals surface area contributed by atoms with Gasteiger partial charge in [-0.15, -0.1) is 0 Å². The number of benzene rings is 1. The van der Waals surface area contributed by atoms with Crippen molar-refractivity contribution in [2.24, 2.45) is 11.8 Å². The van der Waals surface area contributed by atoms with Crippen molar-refractivity contribution in [1.82, 2.24) is 0 Å². The van der Waals surface area contributed by atoms with E-state index in [1.165, 1.54) is 31.4 Å². The average Bonchev–Trinajstić information content (AvgIpc) is 2.39. The largest absolute Gasteiger partial charge is 0.497 e. The number of nitrogens with one attached hydrogen (secondary N) is 1. The van der Waals surface area contributed by atoms with Gasteiger partial charge >= 0.3 is 0 Å². The van der Waals surface area contributed by atoms with Crippen molar-refractivity contribution in [3.63, 3.8) is 0 Å². The number of hydrogen-bond donors (Lipinski definition) is 1. The Hall–Kier alpha value is -1.18. The Balaban J connectivity index is 2.05. The summed E-state index contributed by atoms with van der Waals surface area (Å²) in [7, 11) is 1.72. The van der Waals surface area contributed by atoms with Crippen LogP contribution in [0.1, 0.15) is 39.5 Å². The average molecular weight is 247 g/mol. The van der Waals surface area contributed by atoms with Gasteiger partial charge in [0.05, 0.1) is 7.11 Å². The Bertz CT molecular complexity index is 375. The molecule has 0 aromatic heterocycles. The Morgan fingerprint density at radius 2 is 2.00 bits per heavy atom. The predicted octanol–water partition coefficient (Wildman–Crippen LogP) is 4.32. The second kappa shape index (κ2) is 6.12. The summed E-state index contributed by atoms with van der Waals surface area (Å²) in [5, 5.41) is 3.71. The van der Waals surface area contributed by atoms with Crippen LogP contribution in [0.3, 0.4) is 0 Å². The summed E-state index contributed by atoms with van der Waals surface area (Å²) in [4.78, 5) is 0. The first-order chi connectivity index (χ1) is 8.70. The third kappa shape index (κ3) is 3.18. The molecular weight excluding hydrogens is 222 g/mol. The first-order valence-electron chi connectivity index (χ1n) is 7.11. The van der Waals surface area contributed by atoms with Gasteiger partial charge < -0.3 is 10.1 Å². The zero-order chi connectivity index (χ0) is 13.0. The third-order valence-corrected chi connectivity index (χ3v) is 4.10. The Labute approximate surface area is 111 Å². The van der Waals surface area contributed by atoms with Crippen LogP contribution in [-0.4, -0.2) is 13.2 Å². The van der Waals surface area contributed by atoms with E-state index in [4.69, 9.17) is 4.74 Å². The fourth-order valence-corrected chi connectivity index (χ4v) is 3.06. The lowest BCUT2D eigenvalue weighted by Gasteiger charge is -2.35. The van der Waals surface area contributed by atoms with Gasteiger partial charge in [0, 0.05) is 17.8 Å². The quantitative estimate of drug-likeness (QED) is 0.855. The second-order valence-corrected chi connectivity index (χ2v) is 5.68. The molecule has 100 valence electrons. The van der Waals surface area contributed by atoms with Crippen LogP contribution in [0, 0.1) is 11.8 Å². The fraction of sp³-hybridized carbons (Fsp3) is 0.625. The molecule has 2 unspecified atom stereocenters. The van der Waals surface area contributed by atoms with Crippen molar-refractivity contribution < 1.29 is 4.74 Å². The SMILES string of the molecule is COc1cccc(NC2CCCCC2C(C)C)c1. The van der Waals surface area contributed by atoms with Crippen molar-refractivity contribution in [3.05, 3.63) is 24.3 Å². The van der Waals surface area contributed by atoms with E-state index in [-0.39, 0.29) is 0 Å². The number of methoxy groups -OCH3 is 1. The van der Waals surface area contributed by atoms with Crippen LogP contribution in [0.4, 0.5) is 5.69 Å². The van der Waals surface area contributed by atoms with Crippen LogP contribution in [0.2, 0.25) is 0 Å². The molecule has 2 nitrogen and oxygen atoms in total. The Morgan fingerprint density at radius 1 is 1.22 bits per heavy atom. The number of anilines is 1. The molecule has 0 amide bonds. The third-order valence-electron chi connectivity index (χ3n) is 4.10. The number of ether oxygens (including phenoxy) is 1. The molecule has 1 saturated carbocycles. The van der Waals surface area contributed by atoms with Crippen LogP contribution < -0.4 is 10.1 Å². The number of rotatable bonds is 4. The lowest BCUT2D eigenvalue weighted by atomic mass is 9.78. The summed E-state index contributed by atoms with van der Waals surface area (Å²) in [5.41, 5.74) is 1.19. The van der Waals surface area contributed by atoms with Gasteiger partial charge in [0.2, 0.25) is 0 Å². The van der Waals surface area contributed by atoms with E-state index in [1.807, 2.05) is 12.1 Å². The Morgan fingerprint density at radius 3 is 2.72 bits per heavy atom. The normalized spacial score (nSPS) is 24.0. The molecule has 1 aromatic rings. The molecule has 0 heterocycles. The maximum Gasteiger partial charge on any atom is 0.120 e. The molecule has 1 N–H and O–H groups in total. The van der Waals surface area contributed by atoms with Crippen molar-refractivity contribution in [2.75, 3.05) is 12.4 Å². The molecule has 2 rings (SSSR count). The highest BCUT2D eigenvalue weighted by Crippen LogP contribution is 2.32. The summed E-state index contributed by atoms with van der Waals surface area (Å²) >= 11 is 0. The first-order valence-corrected chi connectivity index (χ1v) is 7.11. The van der Waals surface area contributed by atoms with Crippen LogP contribution in [-0.2, 0) is 0 Å². The molecule has 18 heavy (non-hydrogen) atoms. The Kier molecular flexibility index (Phi) is 4.51. The highest BCUT2D eigenvalue weighted by Gasteiger charge is 2.27. The molecule has 0 spiro atoms. The molecule has 0 saturated heterocycles. The fourth-order valence-electron chi connectivity index (χ4n) is 3.06. The zero-order valence-electron chi connectivity index (χ0n) is 11.8. The molecule has 1 aliphatic rings. The van der Waals surface area contributed by atoms with E-state index in [2.05, 4.69) is 31.3 Å². The molecule has 0 aliphatic heterocycles. The molecule has 0 bridgehead atoms. The van der Waals surface area contributed by atoms with Gasteiger partial charge in [-0.05, 0) is 36.8 Å². The van der Waals surface area contributed by atoms with Gasteiger partial charge in [0.1, 0.15) is 5.75 Å². The molecular formula is C16H25NO. The van der Waals surface area contributed by atoms with E-state index >= 15 is 0 Å². The van der Waals surface area contributed by atoms with E-state index in [0.717, 1.165) is 17.6 Å². The van der Waals surface area contributed by atoms with Gasteiger partial charge in [-0.3, -0.25) is 0 Å². The molecule has 0 radical (unpaired) electrons. The summed E-state index contributed by atoms with van der Waals surface area (Å²) in [6.45, 7) is 4.69. The lowest BCUT2D eigenvalue weighted by Crippen LogP contribution is -2.35. The van der Waals surface area contributed by atoms with Gasteiger partial charge in [-0.2, -0.15) is 0 Å². The van der Waals surface area contributed by atoms with Crippen LogP contribution >= 0.6 is 0 Å². The molecule has 2 atom stereocenters. The van der Waals surface area contributed by atoms with Crippen LogP contribution in [0.15, 0.2) is 24.3 Å². The standard InChI is InChI=1S/C16H25NO/c1-12(2)15-9-4-5-10-16(15)17-13-7-6-8-14(11-13)18-3/h6-8,11-12,15-17H,4-5,9-10H2,1-3H3. The molecule has 2 heteroatoms. The van der Waals surface area contributed by atoms with E-state index < -0.39 is 0 Å². The summed E-state index contributed by atoms with van der Waals surface area (Å²) in [5.74, 6) is 2.48. The molecule has 1 fully saturated rings. The minimum atomic E-state index is 0.617. The monoisotopic (exact) mass is 247 g/mol. The summed E-state index contributed by atoms with van der Waals surface area (Å²) in [6.07, 6.45) is 5.39. The smallest absolute Gasteiger partial charge is 0.120 e. The molecule has 1 aliphatic carbocycles. The van der Waals surface area contributed by atoms with Crippen molar-refractivity contribution in [1.29, 1.82) is 0 Å². The summed E-state index contributed by atoms with van der Waals surface area (Å²) in [6, 6.07) is 8.88. The second-order valence-electron chi connectivity index (χ2n) is 5.68. The summed E-state index contributed by atoms with van der Waals surface area (Å²) < 4.78 is 5.28. The van der Waals surface area contributed by atoms with E-state index in [9.17, 15) is 0 Å². The minimum absolute atomic E-state index is 0.617. The van der Waals surface area contributed by atoms with Crippen molar-refractivity contribution in [2.45, 2.75) is 45.6 Å². The minimum Gasteiger partial charge on any atom is -0.497 e. The van der Waals surface area contributed by atoms with Crippen molar-refractivity contribution >= 4 is 5.69 Å². The van der Waals surface area contributed by atoms with Crippen LogP contribution in [0.5, 0.6) is 5.75 Å². The van der Waals surface area contributed by atoms with Gasteiger partial charge in [-0.1, -0.05) is 32.8 Å².